The van der Waals surface area contributed by atoms with Crippen LogP contribution in [0.4, 0.5) is 4.79 Å². The summed E-state index contributed by atoms with van der Waals surface area (Å²) >= 11 is 0. The number of hydrogen-bond donors (Lipinski definition) is 1. The first-order valence-electron chi connectivity index (χ1n) is 12.2. The highest BCUT2D eigenvalue weighted by Gasteiger charge is 2.57. The molecule has 7 heteroatoms. The molecule has 0 radical (unpaired) electrons. The van der Waals surface area contributed by atoms with Gasteiger partial charge in [0.1, 0.15) is 11.3 Å². The third-order valence-electron chi connectivity index (χ3n) is 7.08. The molecule has 182 valence electrons. The number of aromatic hydroxyl groups is 1. The van der Waals surface area contributed by atoms with Crippen LogP contribution in [-0.2, 0) is 17.8 Å². The van der Waals surface area contributed by atoms with Crippen molar-refractivity contribution < 1.29 is 14.7 Å². The Kier molecular flexibility index (Phi) is 7.54. The van der Waals surface area contributed by atoms with Crippen molar-refractivity contribution in [3.63, 3.8) is 0 Å². The second-order valence-corrected chi connectivity index (χ2v) is 9.76. The number of carbonyl (C=O) groups is 2. The largest absolute Gasteiger partial charge is 0.508 e. The predicted octanol–water partition coefficient (Wildman–Crippen LogP) is 3.19. The second-order valence-electron chi connectivity index (χ2n) is 9.76. The molecule has 1 N–H and O–H groups in total. The summed E-state index contributed by atoms with van der Waals surface area (Å²) in [4.78, 5) is 34.9. The topological polar surface area (TPSA) is 67.3 Å². The summed E-state index contributed by atoms with van der Waals surface area (Å²) in [5, 5.41) is 9.78. The minimum absolute atomic E-state index is 0.0266. The van der Waals surface area contributed by atoms with Gasteiger partial charge in [-0.25, -0.2) is 4.79 Å². The number of amides is 3. The number of phenols is 1. The summed E-state index contributed by atoms with van der Waals surface area (Å²) in [6, 6.07) is 17.3. The maximum Gasteiger partial charge on any atom is 0.327 e. The van der Waals surface area contributed by atoms with Crippen molar-refractivity contribution in [3.05, 3.63) is 65.7 Å². The minimum atomic E-state index is -0.751. The fourth-order valence-corrected chi connectivity index (χ4v) is 5.20. The third-order valence-corrected chi connectivity index (χ3v) is 7.08. The van der Waals surface area contributed by atoms with Gasteiger partial charge in [0.25, 0.3) is 5.91 Å². The normalized spacial score (nSPS) is 18.4. The highest BCUT2D eigenvalue weighted by molar-refractivity contribution is 6.07. The molecule has 0 aromatic heterocycles. The van der Waals surface area contributed by atoms with E-state index in [-0.39, 0.29) is 17.7 Å². The highest BCUT2D eigenvalue weighted by Crippen LogP contribution is 2.38. The van der Waals surface area contributed by atoms with Crippen molar-refractivity contribution in [3.8, 4) is 5.75 Å². The van der Waals surface area contributed by atoms with E-state index in [4.69, 9.17) is 0 Å². The fourth-order valence-electron chi connectivity index (χ4n) is 5.20. The summed E-state index contributed by atoms with van der Waals surface area (Å²) in [6.45, 7) is 4.05. The number of nitrogens with zero attached hydrogens (tertiary/aromatic N) is 4. The maximum absolute atomic E-state index is 13.7. The summed E-state index contributed by atoms with van der Waals surface area (Å²) < 4.78 is 0. The average molecular weight is 465 g/mol. The van der Waals surface area contributed by atoms with Crippen LogP contribution in [0.1, 0.15) is 30.4 Å². The summed E-state index contributed by atoms with van der Waals surface area (Å²) in [5.74, 6) is 0.240. The lowest BCUT2D eigenvalue weighted by atomic mass is 9.85. The molecule has 0 bridgehead atoms. The number of rotatable bonds is 9. The van der Waals surface area contributed by atoms with Gasteiger partial charge in [-0.3, -0.25) is 14.6 Å². The van der Waals surface area contributed by atoms with Crippen LogP contribution in [0.15, 0.2) is 54.6 Å². The van der Waals surface area contributed by atoms with Crippen LogP contribution in [0.3, 0.4) is 0 Å². The molecule has 34 heavy (non-hydrogen) atoms. The molecular weight excluding hydrogens is 428 g/mol. The minimum Gasteiger partial charge on any atom is -0.508 e. The van der Waals surface area contributed by atoms with E-state index in [9.17, 15) is 14.7 Å². The monoisotopic (exact) mass is 464 g/mol. The van der Waals surface area contributed by atoms with Gasteiger partial charge >= 0.3 is 6.03 Å². The second kappa shape index (κ2) is 10.6. The number of carbonyl (C=O) groups excluding carboxylic acids is 2. The number of imide groups is 1. The lowest BCUT2D eigenvalue weighted by Gasteiger charge is -2.42. The third kappa shape index (κ3) is 5.26. The lowest BCUT2D eigenvalue weighted by molar-refractivity contribution is -0.135. The Bertz CT molecular complexity index is 986. The fraction of sp³-hybridized carbons (Fsp3) is 0.481. The van der Waals surface area contributed by atoms with E-state index < -0.39 is 5.54 Å². The Labute approximate surface area is 202 Å². The van der Waals surface area contributed by atoms with Gasteiger partial charge < -0.3 is 14.9 Å². The Morgan fingerprint density at radius 1 is 0.941 bits per heavy atom. The number of likely N-dealkylation sites (tertiary alicyclic amines) is 1. The Balaban J connectivity index is 1.48. The molecule has 0 atom stereocenters. The summed E-state index contributed by atoms with van der Waals surface area (Å²) in [5.41, 5.74) is 1.47. The van der Waals surface area contributed by atoms with Gasteiger partial charge in [-0.2, -0.15) is 0 Å². The molecule has 0 aliphatic carbocycles. The molecule has 2 aliphatic heterocycles. The molecule has 7 nitrogen and oxygen atoms in total. The Hall–Kier alpha value is -2.90. The Morgan fingerprint density at radius 3 is 2.32 bits per heavy atom. The molecule has 1 spiro atoms. The molecule has 2 aliphatic rings. The molecule has 2 heterocycles. The highest BCUT2D eigenvalue weighted by atomic mass is 16.3. The molecule has 2 fully saturated rings. The number of benzene rings is 2. The van der Waals surface area contributed by atoms with Gasteiger partial charge in [-0.1, -0.05) is 42.5 Å². The average Bonchev–Trinajstić information content (AvgIpc) is 3.01. The zero-order valence-electron chi connectivity index (χ0n) is 20.3. The van der Waals surface area contributed by atoms with Crippen LogP contribution in [0.25, 0.3) is 0 Å². The first-order chi connectivity index (χ1) is 16.4. The van der Waals surface area contributed by atoms with Gasteiger partial charge in [-0.05, 0) is 69.6 Å². The standard InChI is InChI=1S/C27H36N4O3/c1-28(2)15-7-16-30-25(33)27(31(26(30)34)17-12-22-8-4-3-5-9-22)13-18-29(19-14-27)21-23-10-6-11-24(32)20-23/h3-6,8-11,20,32H,7,12-19,21H2,1-2H3. The number of hydrogen-bond acceptors (Lipinski definition) is 5. The zero-order chi connectivity index (χ0) is 24.1. The number of urea groups is 1. The molecule has 3 amide bonds. The quantitative estimate of drug-likeness (QED) is 0.578. The van der Waals surface area contributed by atoms with E-state index in [0.29, 0.717) is 25.9 Å². The van der Waals surface area contributed by atoms with Crippen LogP contribution in [0.2, 0.25) is 0 Å². The van der Waals surface area contributed by atoms with Gasteiger partial charge in [0, 0.05) is 32.7 Å². The van der Waals surface area contributed by atoms with E-state index in [1.807, 2.05) is 49.3 Å². The predicted molar refractivity (Wildman–Crippen MR) is 132 cm³/mol. The van der Waals surface area contributed by atoms with Crippen molar-refractivity contribution in [2.45, 2.75) is 37.8 Å². The van der Waals surface area contributed by atoms with E-state index in [0.717, 1.165) is 44.6 Å². The van der Waals surface area contributed by atoms with E-state index in [1.54, 1.807) is 12.1 Å². The first-order valence-corrected chi connectivity index (χ1v) is 12.2. The SMILES string of the molecule is CN(C)CCCN1C(=O)N(CCc2ccccc2)C2(CCN(Cc3cccc(O)c3)CC2)C1=O. The van der Waals surface area contributed by atoms with Crippen LogP contribution in [-0.4, -0.2) is 89.0 Å². The van der Waals surface area contributed by atoms with Gasteiger partial charge in [0.15, 0.2) is 0 Å². The smallest absolute Gasteiger partial charge is 0.327 e. The first kappa shape index (κ1) is 24.2. The molecule has 2 aromatic carbocycles. The van der Waals surface area contributed by atoms with Crippen LogP contribution < -0.4 is 0 Å². The van der Waals surface area contributed by atoms with Crippen molar-refractivity contribution in [2.75, 3.05) is 46.8 Å². The van der Waals surface area contributed by atoms with E-state index in [1.165, 1.54) is 10.5 Å². The Morgan fingerprint density at radius 2 is 1.65 bits per heavy atom. The lowest BCUT2D eigenvalue weighted by Crippen LogP contribution is -2.56. The molecular formula is C27H36N4O3. The van der Waals surface area contributed by atoms with Gasteiger partial charge in [0.2, 0.25) is 0 Å². The number of phenolic OH excluding ortho intramolecular Hbond substituents is 1. The van der Waals surface area contributed by atoms with Crippen molar-refractivity contribution in [1.82, 2.24) is 19.6 Å². The van der Waals surface area contributed by atoms with Gasteiger partial charge in [-0.15, -0.1) is 0 Å². The van der Waals surface area contributed by atoms with Crippen LogP contribution in [0, 0.1) is 0 Å². The number of piperidine rings is 1. The molecule has 2 saturated heterocycles. The molecule has 4 rings (SSSR count). The summed E-state index contributed by atoms with van der Waals surface area (Å²) in [7, 11) is 4.01. The van der Waals surface area contributed by atoms with Crippen molar-refractivity contribution in [2.24, 2.45) is 0 Å². The van der Waals surface area contributed by atoms with Crippen LogP contribution >= 0.6 is 0 Å². The van der Waals surface area contributed by atoms with Gasteiger partial charge in [0.05, 0.1) is 0 Å². The van der Waals surface area contributed by atoms with Crippen molar-refractivity contribution in [1.29, 1.82) is 0 Å². The maximum atomic E-state index is 13.7. The van der Waals surface area contributed by atoms with Crippen LogP contribution in [0.5, 0.6) is 5.75 Å². The molecule has 2 aromatic rings. The summed E-state index contributed by atoms with van der Waals surface area (Å²) in [6.07, 6.45) is 2.78. The van der Waals surface area contributed by atoms with E-state index >= 15 is 0 Å². The van der Waals surface area contributed by atoms with Crippen molar-refractivity contribution >= 4 is 11.9 Å². The molecule has 0 unspecified atom stereocenters. The molecule has 0 saturated carbocycles. The zero-order valence-corrected chi connectivity index (χ0v) is 20.3. The van der Waals surface area contributed by atoms with E-state index in [2.05, 4.69) is 21.9 Å².